The van der Waals surface area contributed by atoms with E-state index in [1.165, 1.54) is 19.4 Å². The van der Waals surface area contributed by atoms with Crippen LogP contribution in [0.5, 0.6) is 5.75 Å². The zero-order chi connectivity index (χ0) is 27.3. The maximum Gasteiger partial charge on any atom is 0.249 e. The van der Waals surface area contributed by atoms with E-state index in [1.54, 1.807) is 23.7 Å². The lowest BCUT2D eigenvalue weighted by Gasteiger charge is -2.40. The number of hydrogen-bond donors (Lipinski definition) is 2. The van der Waals surface area contributed by atoms with E-state index in [0.717, 1.165) is 12.1 Å². The number of ether oxygens (including phenoxy) is 1. The van der Waals surface area contributed by atoms with E-state index in [1.807, 2.05) is 4.90 Å². The molecular formula is C28H27ClF3N3O3. The number of hydrogen-bond acceptors (Lipinski definition) is 5. The Bertz CT molecular complexity index is 1380. The van der Waals surface area contributed by atoms with Gasteiger partial charge in [0, 0.05) is 36.3 Å². The smallest absolute Gasteiger partial charge is 0.249 e. The summed E-state index contributed by atoms with van der Waals surface area (Å²) >= 11 is 6.34. The standard InChI is InChI=1S/C28H27ClF3N3O3/c1-38-20-6-7-25-21(16-20)26(22(29)17-33-25)23(31)8-9-28(27(36)34-37)10-13-35(14-11-28)12-2-3-18-4-5-19(30)15-24(18)32/h4-7,15-17,23,37H,8-14H2,1H3,(H,34,36). The van der Waals surface area contributed by atoms with Crippen LogP contribution in [0.3, 0.4) is 0 Å². The van der Waals surface area contributed by atoms with E-state index in [-0.39, 0.29) is 29.0 Å². The highest BCUT2D eigenvalue weighted by molar-refractivity contribution is 6.32. The van der Waals surface area contributed by atoms with Crippen molar-refractivity contribution in [1.29, 1.82) is 0 Å². The van der Waals surface area contributed by atoms with Gasteiger partial charge < -0.3 is 4.74 Å². The second-order valence-electron chi connectivity index (χ2n) is 9.33. The summed E-state index contributed by atoms with van der Waals surface area (Å²) in [4.78, 5) is 19.0. The number of rotatable bonds is 7. The van der Waals surface area contributed by atoms with E-state index >= 15 is 4.39 Å². The van der Waals surface area contributed by atoms with Gasteiger partial charge in [-0.15, -0.1) is 0 Å². The number of carbonyl (C=O) groups excluding carboxylic acids is 1. The molecule has 4 rings (SSSR count). The highest BCUT2D eigenvalue weighted by atomic mass is 35.5. The van der Waals surface area contributed by atoms with Crippen molar-refractivity contribution in [1.82, 2.24) is 15.4 Å². The number of piperidine rings is 1. The molecule has 1 aliphatic rings. The molecule has 1 unspecified atom stereocenters. The Morgan fingerprint density at radius 3 is 2.71 bits per heavy atom. The van der Waals surface area contributed by atoms with Gasteiger partial charge in [0.15, 0.2) is 0 Å². The van der Waals surface area contributed by atoms with Gasteiger partial charge in [-0.05, 0) is 56.0 Å². The second-order valence-corrected chi connectivity index (χ2v) is 9.74. The van der Waals surface area contributed by atoms with Gasteiger partial charge in [0.2, 0.25) is 5.91 Å². The molecule has 38 heavy (non-hydrogen) atoms. The van der Waals surface area contributed by atoms with Crippen LogP contribution in [-0.4, -0.2) is 47.7 Å². The van der Waals surface area contributed by atoms with Gasteiger partial charge in [0.05, 0.1) is 35.2 Å². The van der Waals surface area contributed by atoms with Gasteiger partial charge in [0.25, 0.3) is 0 Å². The van der Waals surface area contributed by atoms with Gasteiger partial charge in [-0.3, -0.25) is 19.9 Å². The number of alkyl halides is 1. The maximum atomic E-state index is 15.7. The number of hydroxylamine groups is 1. The van der Waals surface area contributed by atoms with Crippen LogP contribution < -0.4 is 10.2 Å². The molecule has 1 atom stereocenters. The number of nitrogens with zero attached hydrogens (tertiary/aromatic N) is 2. The quantitative estimate of drug-likeness (QED) is 0.229. The zero-order valence-electron chi connectivity index (χ0n) is 20.7. The SMILES string of the molecule is COc1ccc2ncc(Cl)c(C(F)CCC3(C(=O)NO)CCN(CC#Cc4ccc(F)cc4F)CC3)c2c1. The number of amides is 1. The monoisotopic (exact) mass is 545 g/mol. The number of halogens is 4. The van der Waals surface area contributed by atoms with Gasteiger partial charge >= 0.3 is 0 Å². The Morgan fingerprint density at radius 2 is 2.03 bits per heavy atom. The van der Waals surface area contributed by atoms with E-state index in [0.29, 0.717) is 49.1 Å². The van der Waals surface area contributed by atoms with Crippen LogP contribution in [0.1, 0.15) is 43.0 Å². The number of likely N-dealkylation sites (tertiary alicyclic amines) is 1. The fraction of sp³-hybridized carbons (Fsp3) is 0.357. The van der Waals surface area contributed by atoms with Crippen molar-refractivity contribution in [2.75, 3.05) is 26.7 Å². The summed E-state index contributed by atoms with van der Waals surface area (Å²) < 4.78 is 47.8. The number of carbonyl (C=O) groups is 1. The van der Waals surface area contributed by atoms with Crippen LogP contribution in [0.4, 0.5) is 13.2 Å². The molecule has 0 bridgehead atoms. The largest absolute Gasteiger partial charge is 0.497 e. The third kappa shape index (κ3) is 6.04. The van der Waals surface area contributed by atoms with Crippen molar-refractivity contribution < 1.29 is 27.9 Å². The molecule has 10 heteroatoms. The van der Waals surface area contributed by atoms with Crippen LogP contribution in [-0.2, 0) is 4.79 Å². The number of nitrogens with one attached hydrogen (secondary N) is 1. The van der Waals surface area contributed by atoms with Gasteiger partial charge in [-0.1, -0.05) is 23.4 Å². The Hall–Kier alpha value is -3.32. The lowest BCUT2D eigenvalue weighted by atomic mass is 9.73. The third-order valence-corrected chi connectivity index (χ3v) is 7.41. The number of methoxy groups -OCH3 is 1. The summed E-state index contributed by atoms with van der Waals surface area (Å²) in [7, 11) is 1.52. The van der Waals surface area contributed by atoms with Crippen molar-refractivity contribution in [3.63, 3.8) is 0 Å². The molecule has 1 aromatic heterocycles. The fourth-order valence-corrected chi connectivity index (χ4v) is 5.12. The van der Waals surface area contributed by atoms with Crippen molar-refractivity contribution in [2.24, 2.45) is 5.41 Å². The van der Waals surface area contributed by atoms with Crippen LogP contribution in [0, 0.1) is 28.9 Å². The topological polar surface area (TPSA) is 74.7 Å². The molecule has 2 heterocycles. The first kappa shape index (κ1) is 27.7. The molecule has 200 valence electrons. The maximum absolute atomic E-state index is 15.7. The lowest BCUT2D eigenvalue weighted by Crippen LogP contribution is -2.48. The fourth-order valence-electron chi connectivity index (χ4n) is 4.85. The minimum absolute atomic E-state index is 0.00706. The molecule has 6 nitrogen and oxygen atoms in total. The average molecular weight is 546 g/mol. The lowest BCUT2D eigenvalue weighted by molar-refractivity contribution is -0.143. The van der Waals surface area contributed by atoms with Crippen LogP contribution in [0.15, 0.2) is 42.6 Å². The molecule has 3 aromatic rings. The highest BCUT2D eigenvalue weighted by Crippen LogP contribution is 2.42. The number of benzene rings is 2. The molecule has 0 radical (unpaired) electrons. The Morgan fingerprint density at radius 1 is 1.26 bits per heavy atom. The van der Waals surface area contributed by atoms with Crippen LogP contribution >= 0.6 is 11.6 Å². The minimum atomic E-state index is -1.47. The molecule has 2 aromatic carbocycles. The predicted octanol–water partition coefficient (Wildman–Crippen LogP) is 5.61. The van der Waals surface area contributed by atoms with E-state index in [2.05, 4.69) is 16.8 Å². The van der Waals surface area contributed by atoms with E-state index in [4.69, 9.17) is 16.3 Å². The Balaban J connectivity index is 1.44. The molecule has 1 saturated heterocycles. The molecule has 2 N–H and O–H groups in total. The summed E-state index contributed by atoms with van der Waals surface area (Å²) in [5, 5.41) is 10.1. The molecule has 0 saturated carbocycles. The van der Waals surface area contributed by atoms with Gasteiger partial charge in [-0.25, -0.2) is 18.7 Å². The molecular weight excluding hydrogens is 519 g/mol. The third-order valence-electron chi connectivity index (χ3n) is 7.11. The van der Waals surface area contributed by atoms with Gasteiger partial charge in [0.1, 0.15) is 23.6 Å². The molecule has 1 amide bonds. The van der Waals surface area contributed by atoms with Gasteiger partial charge in [-0.2, -0.15) is 0 Å². The van der Waals surface area contributed by atoms with E-state index < -0.39 is 29.1 Å². The number of fused-ring (bicyclic) bond motifs is 1. The molecule has 1 aliphatic heterocycles. The number of pyridine rings is 1. The Kier molecular flexibility index (Phi) is 8.77. The van der Waals surface area contributed by atoms with Crippen molar-refractivity contribution in [3.8, 4) is 17.6 Å². The average Bonchev–Trinajstić information content (AvgIpc) is 2.92. The highest BCUT2D eigenvalue weighted by Gasteiger charge is 2.41. The molecule has 1 fully saturated rings. The zero-order valence-corrected chi connectivity index (χ0v) is 21.5. The summed E-state index contributed by atoms with van der Waals surface area (Å²) in [6.45, 7) is 1.27. The van der Waals surface area contributed by atoms with Crippen molar-refractivity contribution >= 4 is 28.4 Å². The summed E-state index contributed by atoms with van der Waals surface area (Å²) in [6, 6.07) is 8.35. The minimum Gasteiger partial charge on any atom is -0.497 e. The van der Waals surface area contributed by atoms with Crippen LogP contribution in [0.2, 0.25) is 5.02 Å². The molecule has 0 spiro atoms. The first-order valence-corrected chi connectivity index (χ1v) is 12.5. The van der Waals surface area contributed by atoms with Crippen molar-refractivity contribution in [3.05, 3.63) is 70.4 Å². The first-order chi connectivity index (χ1) is 18.3. The van der Waals surface area contributed by atoms with E-state index in [9.17, 15) is 18.8 Å². The van der Waals surface area contributed by atoms with Crippen molar-refractivity contribution in [2.45, 2.75) is 31.9 Å². The second kappa shape index (κ2) is 12.0. The van der Waals surface area contributed by atoms with Crippen LogP contribution in [0.25, 0.3) is 10.9 Å². The summed E-state index contributed by atoms with van der Waals surface area (Å²) in [6.07, 6.45) is 0.872. The predicted molar refractivity (Wildman–Crippen MR) is 138 cm³/mol. The molecule has 0 aliphatic carbocycles. The normalized spacial score (nSPS) is 15.9. The summed E-state index contributed by atoms with van der Waals surface area (Å²) in [5.41, 5.74) is 1.75. The number of aromatic nitrogens is 1. The first-order valence-electron chi connectivity index (χ1n) is 12.1. The summed E-state index contributed by atoms with van der Waals surface area (Å²) in [5.74, 6) is 4.17. The Labute approximate surface area is 223 Å².